The van der Waals surface area contributed by atoms with E-state index in [9.17, 15) is 9.59 Å². The fourth-order valence-electron chi connectivity index (χ4n) is 6.41. The van der Waals surface area contributed by atoms with Gasteiger partial charge in [-0.25, -0.2) is 0 Å². The first-order valence-corrected chi connectivity index (χ1v) is 18.4. The van der Waals surface area contributed by atoms with Gasteiger partial charge in [-0.1, -0.05) is 148 Å². The Morgan fingerprint density at radius 2 is 0.933 bits per heavy atom. The van der Waals surface area contributed by atoms with Crippen molar-refractivity contribution in [2.24, 2.45) is 11.8 Å². The van der Waals surface area contributed by atoms with Crippen molar-refractivity contribution >= 4 is 33.5 Å². The van der Waals surface area contributed by atoms with Gasteiger partial charge in [0, 0.05) is 21.5 Å². The van der Waals surface area contributed by atoms with E-state index in [0.717, 1.165) is 131 Å². The highest BCUT2D eigenvalue weighted by molar-refractivity contribution is 6.13. The number of hydrogen-bond acceptors (Lipinski definition) is 4. The van der Waals surface area contributed by atoms with Crippen molar-refractivity contribution < 1.29 is 19.1 Å². The van der Waals surface area contributed by atoms with Crippen molar-refractivity contribution in [3.05, 3.63) is 48.0 Å². The van der Waals surface area contributed by atoms with E-state index in [1.165, 1.54) is 12.0 Å². The van der Waals surface area contributed by atoms with E-state index in [1.54, 1.807) is 0 Å². The smallest absolute Gasteiger partial charge is 0.314 e. The molecule has 0 aliphatic rings. The third kappa shape index (κ3) is 10.9. The molecule has 0 aliphatic heterocycles. The van der Waals surface area contributed by atoms with E-state index in [0.29, 0.717) is 11.5 Å². The summed E-state index contributed by atoms with van der Waals surface area (Å²) >= 11 is 0. The summed E-state index contributed by atoms with van der Waals surface area (Å²) in [6, 6.07) is 14.4. The van der Waals surface area contributed by atoms with Crippen molar-refractivity contribution in [2.75, 3.05) is 0 Å². The fraction of sp³-hybridized carbons (Fsp3) is 0.610. The maximum absolute atomic E-state index is 13.9. The molecule has 0 fully saturated rings. The monoisotopic (exact) mass is 616 g/mol. The van der Waals surface area contributed by atoms with Gasteiger partial charge < -0.3 is 9.47 Å². The number of fused-ring (bicyclic) bond motifs is 2. The molecular formula is C41H60O4. The molecule has 3 aromatic carbocycles. The molecule has 0 heterocycles. The maximum atomic E-state index is 13.9. The highest BCUT2D eigenvalue weighted by atomic mass is 16.5. The minimum atomic E-state index is -0.140. The van der Waals surface area contributed by atoms with Gasteiger partial charge in [0.05, 0.1) is 11.8 Å². The standard InChI is InChI=1S/C41H60O4/c1-6-11-16-21-31-28-29-36-37(30-31)39(45-41(43)33(23-15-10-5)25-18-13-8-3)35-27-20-19-26-34(35)38(36)44-40(42)32(22-14-9-4)24-17-12-7-2/h19-20,26-30,32-33H,6-18,21-25H2,1-5H3. The predicted octanol–water partition coefficient (Wildman–Crippen LogP) is 12.3. The molecule has 0 N–H and O–H groups in total. The zero-order chi connectivity index (χ0) is 32.4. The Labute approximate surface area is 273 Å². The molecule has 0 amide bonds. The largest absolute Gasteiger partial charge is 0.425 e. The van der Waals surface area contributed by atoms with Crippen molar-refractivity contribution in [2.45, 2.75) is 150 Å². The Kier molecular flexibility index (Phi) is 16.5. The van der Waals surface area contributed by atoms with Crippen LogP contribution in [0.25, 0.3) is 21.5 Å². The second-order valence-corrected chi connectivity index (χ2v) is 13.1. The van der Waals surface area contributed by atoms with Gasteiger partial charge in [-0.2, -0.15) is 0 Å². The molecule has 2 unspecified atom stereocenters. The summed E-state index contributed by atoms with van der Waals surface area (Å²) in [5.74, 6) is 0.691. The lowest BCUT2D eigenvalue weighted by Gasteiger charge is -2.21. The number of carbonyl (C=O) groups is 2. The van der Waals surface area contributed by atoms with Crippen LogP contribution in [0, 0.1) is 11.8 Å². The molecule has 0 radical (unpaired) electrons. The SMILES string of the molecule is CCCCCc1ccc2c(OC(=O)C(CCCC)CCCCC)c3ccccc3c(OC(=O)C(CCCC)CCCCC)c2c1. The Hall–Kier alpha value is -2.88. The highest BCUT2D eigenvalue weighted by Gasteiger charge is 2.26. The normalized spacial score (nSPS) is 12.8. The minimum absolute atomic E-state index is 0.112. The molecule has 45 heavy (non-hydrogen) atoms. The number of esters is 2. The molecule has 0 spiro atoms. The van der Waals surface area contributed by atoms with Gasteiger partial charge in [0.1, 0.15) is 11.5 Å². The summed E-state index contributed by atoms with van der Waals surface area (Å²) in [5.41, 5.74) is 1.21. The van der Waals surface area contributed by atoms with E-state index >= 15 is 0 Å². The van der Waals surface area contributed by atoms with Gasteiger partial charge >= 0.3 is 11.9 Å². The average Bonchev–Trinajstić information content (AvgIpc) is 3.05. The van der Waals surface area contributed by atoms with Crippen LogP contribution in [-0.2, 0) is 16.0 Å². The number of ether oxygens (including phenoxy) is 2. The van der Waals surface area contributed by atoms with E-state index in [2.05, 4.69) is 52.8 Å². The summed E-state index contributed by atoms with van der Waals surface area (Å²) in [7, 11) is 0. The molecule has 0 aliphatic carbocycles. The summed E-state index contributed by atoms with van der Waals surface area (Å²) in [5, 5.41) is 3.34. The Morgan fingerprint density at radius 3 is 1.42 bits per heavy atom. The Balaban J connectivity index is 2.11. The molecule has 4 nitrogen and oxygen atoms in total. The van der Waals surface area contributed by atoms with Crippen LogP contribution >= 0.6 is 0 Å². The van der Waals surface area contributed by atoms with Gasteiger partial charge in [-0.3, -0.25) is 9.59 Å². The Morgan fingerprint density at radius 1 is 0.511 bits per heavy atom. The summed E-state index contributed by atoms with van der Waals surface area (Å²) in [6.45, 7) is 11.0. The molecule has 0 bridgehead atoms. The van der Waals surface area contributed by atoms with E-state index in [-0.39, 0.29) is 23.8 Å². The summed E-state index contributed by atoms with van der Waals surface area (Å²) in [6.07, 6.45) is 18.6. The zero-order valence-corrected chi connectivity index (χ0v) is 29.1. The van der Waals surface area contributed by atoms with Crippen LogP contribution in [0.1, 0.15) is 149 Å². The van der Waals surface area contributed by atoms with Crippen LogP contribution in [0.15, 0.2) is 42.5 Å². The molecule has 2 atom stereocenters. The summed E-state index contributed by atoms with van der Waals surface area (Å²) < 4.78 is 12.9. The molecule has 0 saturated heterocycles. The number of hydrogen-bond donors (Lipinski definition) is 0. The first-order valence-electron chi connectivity index (χ1n) is 18.4. The van der Waals surface area contributed by atoms with Gasteiger partial charge in [-0.05, 0) is 50.2 Å². The first-order chi connectivity index (χ1) is 22.0. The molecular weight excluding hydrogens is 556 g/mol. The molecule has 3 aromatic rings. The summed E-state index contributed by atoms with van der Waals surface area (Å²) in [4.78, 5) is 27.7. The highest BCUT2D eigenvalue weighted by Crippen LogP contribution is 2.44. The fourth-order valence-corrected chi connectivity index (χ4v) is 6.41. The molecule has 0 saturated carbocycles. The van der Waals surface area contributed by atoms with Crippen LogP contribution in [0.3, 0.4) is 0 Å². The average molecular weight is 617 g/mol. The van der Waals surface area contributed by atoms with Gasteiger partial charge in [0.2, 0.25) is 0 Å². The lowest BCUT2D eigenvalue weighted by Crippen LogP contribution is -2.22. The molecule has 4 heteroatoms. The van der Waals surface area contributed by atoms with Crippen LogP contribution in [0.4, 0.5) is 0 Å². The predicted molar refractivity (Wildman–Crippen MR) is 190 cm³/mol. The van der Waals surface area contributed by atoms with Crippen LogP contribution in [0.2, 0.25) is 0 Å². The molecule has 248 valence electrons. The van der Waals surface area contributed by atoms with Crippen molar-refractivity contribution in [1.82, 2.24) is 0 Å². The van der Waals surface area contributed by atoms with Crippen molar-refractivity contribution in [3.8, 4) is 11.5 Å². The first kappa shape index (κ1) is 36.6. The van der Waals surface area contributed by atoms with Crippen LogP contribution in [0.5, 0.6) is 11.5 Å². The van der Waals surface area contributed by atoms with E-state index in [4.69, 9.17) is 9.47 Å². The number of rotatable bonds is 22. The van der Waals surface area contributed by atoms with Crippen molar-refractivity contribution in [3.63, 3.8) is 0 Å². The second-order valence-electron chi connectivity index (χ2n) is 13.1. The van der Waals surface area contributed by atoms with Gasteiger partial charge in [0.15, 0.2) is 0 Å². The number of aryl methyl sites for hydroxylation is 1. The van der Waals surface area contributed by atoms with Gasteiger partial charge in [0.25, 0.3) is 0 Å². The third-order valence-corrected chi connectivity index (χ3v) is 9.26. The maximum Gasteiger partial charge on any atom is 0.314 e. The van der Waals surface area contributed by atoms with Gasteiger partial charge in [-0.15, -0.1) is 0 Å². The third-order valence-electron chi connectivity index (χ3n) is 9.26. The van der Waals surface area contributed by atoms with Crippen LogP contribution < -0.4 is 9.47 Å². The number of carbonyl (C=O) groups excluding carboxylic acids is 2. The zero-order valence-electron chi connectivity index (χ0n) is 29.1. The van der Waals surface area contributed by atoms with Crippen LogP contribution in [-0.4, -0.2) is 11.9 Å². The number of unbranched alkanes of at least 4 members (excludes halogenated alkanes) is 8. The molecule has 3 rings (SSSR count). The van der Waals surface area contributed by atoms with Crippen molar-refractivity contribution in [1.29, 1.82) is 0 Å². The lowest BCUT2D eigenvalue weighted by atomic mass is 9.94. The second kappa shape index (κ2) is 20.3. The topological polar surface area (TPSA) is 52.6 Å². The lowest BCUT2D eigenvalue weighted by molar-refractivity contribution is -0.140. The van der Waals surface area contributed by atoms with E-state index < -0.39 is 0 Å². The van der Waals surface area contributed by atoms with E-state index in [1.807, 2.05) is 24.3 Å². The molecule has 0 aromatic heterocycles. The quantitative estimate of drug-likeness (QED) is 0.0488. The Bertz CT molecular complexity index is 1330. The number of benzene rings is 3. The minimum Gasteiger partial charge on any atom is -0.425 e.